The van der Waals surface area contributed by atoms with Gasteiger partial charge in [-0.3, -0.25) is 14.9 Å². The Morgan fingerprint density at radius 2 is 1.85 bits per heavy atom. The van der Waals surface area contributed by atoms with E-state index in [0.29, 0.717) is 41.5 Å². The predicted molar refractivity (Wildman–Crippen MR) is 121 cm³/mol. The Hall–Kier alpha value is -4.58. The number of nitrogens with one attached hydrogen (secondary N) is 1. The van der Waals surface area contributed by atoms with Gasteiger partial charge in [-0.05, 0) is 48.4 Å². The van der Waals surface area contributed by atoms with E-state index in [-0.39, 0.29) is 11.3 Å². The fourth-order valence-corrected chi connectivity index (χ4v) is 3.08. The van der Waals surface area contributed by atoms with Crippen LogP contribution in [0.15, 0.2) is 64.6 Å². The lowest BCUT2D eigenvalue weighted by atomic mass is 10.1. The van der Waals surface area contributed by atoms with Crippen molar-refractivity contribution in [3.63, 3.8) is 0 Å². The highest BCUT2D eigenvalue weighted by Gasteiger charge is 2.12. The predicted octanol–water partition coefficient (Wildman–Crippen LogP) is 4.14. The van der Waals surface area contributed by atoms with Crippen LogP contribution in [0.3, 0.4) is 0 Å². The summed E-state index contributed by atoms with van der Waals surface area (Å²) < 4.78 is 16.1. The van der Waals surface area contributed by atoms with Crippen molar-refractivity contribution < 1.29 is 23.6 Å². The van der Waals surface area contributed by atoms with Crippen LogP contribution < -0.4 is 14.8 Å². The van der Waals surface area contributed by atoms with E-state index in [2.05, 4.69) is 5.32 Å². The highest BCUT2D eigenvalue weighted by Crippen LogP contribution is 2.28. The molecule has 0 radical (unpaired) electrons. The summed E-state index contributed by atoms with van der Waals surface area (Å²) in [6, 6.07) is 16.5. The number of nitriles is 1. The maximum Gasteiger partial charge on any atom is 0.269 e. The van der Waals surface area contributed by atoms with Crippen LogP contribution in [0.4, 0.5) is 5.69 Å². The minimum absolute atomic E-state index is 0.0260. The Balaban J connectivity index is 1.63. The highest BCUT2D eigenvalue weighted by molar-refractivity contribution is 6.01. The van der Waals surface area contributed by atoms with Gasteiger partial charge in [0.15, 0.2) is 11.5 Å². The second-order valence-corrected chi connectivity index (χ2v) is 6.87. The van der Waals surface area contributed by atoms with Crippen molar-refractivity contribution in [1.82, 2.24) is 5.32 Å². The van der Waals surface area contributed by atoms with E-state index in [1.165, 1.54) is 18.2 Å². The molecule has 3 aromatic rings. The van der Waals surface area contributed by atoms with Crippen LogP contribution in [-0.2, 0) is 11.2 Å². The maximum atomic E-state index is 12.4. The van der Waals surface area contributed by atoms with E-state index in [9.17, 15) is 20.2 Å². The van der Waals surface area contributed by atoms with E-state index in [1.807, 2.05) is 18.2 Å². The lowest BCUT2D eigenvalue weighted by molar-refractivity contribution is -0.384. The van der Waals surface area contributed by atoms with Gasteiger partial charge in [-0.1, -0.05) is 6.07 Å². The molecule has 0 saturated heterocycles. The number of carbonyl (C=O) groups is 1. The monoisotopic (exact) mass is 447 g/mol. The number of rotatable bonds is 9. The topological polar surface area (TPSA) is 128 Å². The number of furan rings is 1. The molecule has 0 fully saturated rings. The molecule has 168 valence electrons. The minimum atomic E-state index is -0.522. The second-order valence-electron chi connectivity index (χ2n) is 6.87. The number of hydrogen-bond acceptors (Lipinski definition) is 7. The third-order valence-corrected chi connectivity index (χ3v) is 4.79. The van der Waals surface area contributed by atoms with Crippen LogP contribution in [0, 0.1) is 21.4 Å². The van der Waals surface area contributed by atoms with Gasteiger partial charge in [0.25, 0.3) is 11.6 Å². The number of hydrogen-bond donors (Lipinski definition) is 1. The lowest BCUT2D eigenvalue weighted by Crippen LogP contribution is -2.26. The summed E-state index contributed by atoms with van der Waals surface area (Å²) in [5, 5.41) is 22.9. The molecule has 1 N–H and O–H groups in total. The fraction of sp³-hybridized carbons (Fsp3) is 0.167. The van der Waals surface area contributed by atoms with Gasteiger partial charge in [-0.2, -0.15) is 5.26 Å². The molecular formula is C24H21N3O6. The van der Waals surface area contributed by atoms with Gasteiger partial charge in [0.2, 0.25) is 0 Å². The zero-order valence-corrected chi connectivity index (χ0v) is 18.0. The summed E-state index contributed by atoms with van der Waals surface area (Å²) in [5.41, 5.74) is 1.45. The van der Waals surface area contributed by atoms with Gasteiger partial charge < -0.3 is 19.2 Å². The van der Waals surface area contributed by atoms with Gasteiger partial charge in [-0.25, -0.2) is 0 Å². The van der Waals surface area contributed by atoms with Gasteiger partial charge in [0, 0.05) is 30.3 Å². The molecule has 9 nitrogen and oxygen atoms in total. The van der Waals surface area contributed by atoms with E-state index in [1.54, 1.807) is 44.6 Å². The molecule has 9 heteroatoms. The molecule has 2 aromatic carbocycles. The van der Waals surface area contributed by atoms with Gasteiger partial charge in [0.1, 0.15) is 23.2 Å². The van der Waals surface area contributed by atoms with Crippen molar-refractivity contribution in [3.05, 3.63) is 81.6 Å². The minimum Gasteiger partial charge on any atom is -0.493 e. The molecule has 33 heavy (non-hydrogen) atoms. The molecule has 0 aliphatic heterocycles. The van der Waals surface area contributed by atoms with Crippen LogP contribution >= 0.6 is 0 Å². The third-order valence-electron chi connectivity index (χ3n) is 4.79. The zero-order chi connectivity index (χ0) is 23.8. The molecular weight excluding hydrogens is 426 g/mol. The highest BCUT2D eigenvalue weighted by atomic mass is 16.6. The molecule has 0 bridgehead atoms. The first-order valence-corrected chi connectivity index (χ1v) is 9.90. The molecule has 1 amide bonds. The summed E-state index contributed by atoms with van der Waals surface area (Å²) in [7, 11) is 3.11. The summed E-state index contributed by atoms with van der Waals surface area (Å²) in [5.74, 6) is 1.47. The largest absolute Gasteiger partial charge is 0.493 e. The SMILES string of the molecule is COc1ccc(CCNC(=O)/C(C#N)=C/c2ccc(-c3ccc([N+](=O)[O-])cc3)o2)cc1OC. The first-order chi connectivity index (χ1) is 15.9. The first kappa shape index (κ1) is 23.1. The van der Waals surface area contributed by atoms with Crippen molar-refractivity contribution in [3.8, 4) is 28.9 Å². The van der Waals surface area contributed by atoms with E-state index >= 15 is 0 Å². The number of ether oxygens (including phenoxy) is 2. The standard InChI is InChI=1S/C24H21N3O6/c1-31-22-9-3-16(13-23(22)32-2)11-12-26-24(28)18(15-25)14-20-8-10-21(33-20)17-4-6-19(7-5-17)27(29)30/h3-10,13-14H,11-12H2,1-2H3,(H,26,28)/b18-14+. The molecule has 0 spiro atoms. The average Bonchev–Trinajstić information content (AvgIpc) is 3.31. The molecule has 0 unspecified atom stereocenters. The molecule has 3 rings (SSSR count). The van der Waals surface area contributed by atoms with Gasteiger partial charge in [0.05, 0.1) is 19.1 Å². The number of amides is 1. The third kappa shape index (κ3) is 5.77. The van der Waals surface area contributed by atoms with Crippen molar-refractivity contribution in [2.45, 2.75) is 6.42 Å². The number of methoxy groups -OCH3 is 2. The number of benzene rings is 2. The number of non-ortho nitro benzene ring substituents is 1. The number of carbonyl (C=O) groups excluding carboxylic acids is 1. The Kier molecular flexibility index (Phi) is 7.44. The fourth-order valence-electron chi connectivity index (χ4n) is 3.08. The lowest BCUT2D eigenvalue weighted by Gasteiger charge is -2.10. The Labute approximate surface area is 190 Å². The molecule has 0 aliphatic carbocycles. The molecule has 0 atom stereocenters. The van der Waals surface area contributed by atoms with Crippen molar-refractivity contribution in [1.29, 1.82) is 5.26 Å². The summed E-state index contributed by atoms with van der Waals surface area (Å²) in [6.07, 6.45) is 1.89. The van der Waals surface area contributed by atoms with Gasteiger partial charge in [-0.15, -0.1) is 0 Å². The number of nitro benzene ring substituents is 1. The van der Waals surface area contributed by atoms with Gasteiger partial charge >= 0.3 is 0 Å². The van der Waals surface area contributed by atoms with Crippen LogP contribution in [0.5, 0.6) is 11.5 Å². The first-order valence-electron chi connectivity index (χ1n) is 9.90. The van der Waals surface area contributed by atoms with Crippen LogP contribution in [0.25, 0.3) is 17.4 Å². The normalized spacial score (nSPS) is 10.9. The zero-order valence-electron chi connectivity index (χ0n) is 18.0. The van der Waals surface area contributed by atoms with Crippen molar-refractivity contribution in [2.75, 3.05) is 20.8 Å². The Morgan fingerprint density at radius 3 is 2.48 bits per heavy atom. The van der Waals surface area contributed by atoms with E-state index in [0.717, 1.165) is 5.56 Å². The molecule has 0 aliphatic rings. The summed E-state index contributed by atoms with van der Waals surface area (Å²) in [6.45, 7) is 0.319. The maximum absolute atomic E-state index is 12.4. The second kappa shape index (κ2) is 10.6. The number of nitrogens with zero attached hydrogens (tertiary/aromatic N) is 2. The van der Waals surface area contributed by atoms with Crippen LogP contribution in [-0.4, -0.2) is 31.6 Å². The van der Waals surface area contributed by atoms with Crippen LogP contribution in [0.1, 0.15) is 11.3 Å². The van der Waals surface area contributed by atoms with Crippen LogP contribution in [0.2, 0.25) is 0 Å². The average molecular weight is 447 g/mol. The van der Waals surface area contributed by atoms with E-state index in [4.69, 9.17) is 13.9 Å². The van der Waals surface area contributed by atoms with Crippen molar-refractivity contribution >= 4 is 17.7 Å². The van der Waals surface area contributed by atoms with Crippen molar-refractivity contribution in [2.24, 2.45) is 0 Å². The molecule has 1 aromatic heterocycles. The summed E-state index contributed by atoms with van der Waals surface area (Å²) >= 11 is 0. The smallest absolute Gasteiger partial charge is 0.269 e. The number of nitro groups is 1. The Morgan fingerprint density at radius 1 is 1.12 bits per heavy atom. The van der Waals surface area contributed by atoms with E-state index < -0.39 is 10.8 Å². The summed E-state index contributed by atoms with van der Waals surface area (Å²) in [4.78, 5) is 22.7. The quantitative estimate of drug-likeness (QED) is 0.226. The molecule has 0 saturated carbocycles. The Bertz CT molecular complexity index is 1220. The molecule has 1 heterocycles.